The predicted octanol–water partition coefficient (Wildman–Crippen LogP) is 4.42. The second-order valence-electron chi connectivity index (χ2n) is 9.45. The van der Waals surface area contributed by atoms with Crippen LogP contribution < -0.4 is 0 Å². The van der Waals surface area contributed by atoms with E-state index in [1.165, 1.54) is 32.1 Å². The maximum atomic E-state index is 13.2. The lowest BCUT2D eigenvalue weighted by atomic mass is 9.47. The van der Waals surface area contributed by atoms with Crippen LogP contribution in [0.2, 0.25) is 0 Å². The molecule has 5 fully saturated rings. The normalized spacial score (nSPS) is 42.3. The summed E-state index contributed by atoms with van der Waals surface area (Å²) in [5.74, 6) is 1.39. The second-order valence-corrected chi connectivity index (χ2v) is 9.45. The third-order valence-electron chi connectivity index (χ3n) is 8.32. The van der Waals surface area contributed by atoms with Gasteiger partial charge in [0.25, 0.3) is 0 Å². The maximum Gasteiger partial charge on any atom is 0.324 e. The fourth-order valence-electron chi connectivity index (χ4n) is 7.05. The number of hydrogen-bond donors (Lipinski definition) is 1. The van der Waals surface area contributed by atoms with Gasteiger partial charge in [-0.05, 0) is 81.0 Å². The highest BCUT2D eigenvalue weighted by atomic mass is 16.6. The molecule has 0 heterocycles. The van der Waals surface area contributed by atoms with Crippen LogP contribution in [0.25, 0.3) is 0 Å². The monoisotopic (exact) mass is 348 g/mol. The number of hydrogen-bond acceptors (Lipinski definition) is 3. The van der Waals surface area contributed by atoms with Gasteiger partial charge in [0.15, 0.2) is 5.41 Å². The van der Waals surface area contributed by atoms with E-state index in [9.17, 15) is 14.7 Å². The van der Waals surface area contributed by atoms with Crippen LogP contribution in [-0.2, 0) is 14.3 Å². The van der Waals surface area contributed by atoms with Gasteiger partial charge >= 0.3 is 11.9 Å². The van der Waals surface area contributed by atoms with Crippen molar-refractivity contribution in [2.24, 2.45) is 35.0 Å². The highest BCUT2D eigenvalue weighted by molar-refractivity contribution is 5.99. The summed E-state index contributed by atoms with van der Waals surface area (Å²) in [4.78, 5) is 25.2. The Morgan fingerprint density at radius 2 is 1.56 bits per heavy atom. The van der Waals surface area contributed by atoms with E-state index in [2.05, 4.69) is 13.8 Å². The molecule has 4 nitrogen and oxygen atoms in total. The lowest BCUT2D eigenvalue weighted by Gasteiger charge is -2.62. The molecule has 0 amide bonds. The van der Waals surface area contributed by atoms with Gasteiger partial charge in [0.05, 0.1) is 0 Å². The summed E-state index contributed by atoms with van der Waals surface area (Å²) in [5, 5.41) is 9.79. The molecule has 1 atom stereocenters. The van der Waals surface area contributed by atoms with Gasteiger partial charge in [-0.15, -0.1) is 0 Å². The average Bonchev–Trinajstić information content (AvgIpc) is 3.08. The third kappa shape index (κ3) is 2.39. The van der Waals surface area contributed by atoms with E-state index in [0.29, 0.717) is 30.6 Å². The molecule has 0 aliphatic heterocycles. The van der Waals surface area contributed by atoms with Crippen molar-refractivity contribution in [1.29, 1.82) is 0 Å². The Morgan fingerprint density at radius 1 is 1.04 bits per heavy atom. The summed E-state index contributed by atoms with van der Waals surface area (Å²) in [6.07, 6.45) is 9.54. The number of carboxylic acids is 1. The Kier molecular flexibility index (Phi) is 4.16. The van der Waals surface area contributed by atoms with Crippen molar-refractivity contribution in [2.75, 3.05) is 0 Å². The van der Waals surface area contributed by atoms with E-state index in [-0.39, 0.29) is 0 Å². The summed E-state index contributed by atoms with van der Waals surface area (Å²) in [7, 11) is 0. The molecule has 140 valence electrons. The molecule has 1 unspecified atom stereocenters. The van der Waals surface area contributed by atoms with Gasteiger partial charge in [-0.2, -0.15) is 0 Å². The van der Waals surface area contributed by atoms with Gasteiger partial charge in [-0.1, -0.05) is 26.7 Å². The van der Waals surface area contributed by atoms with Gasteiger partial charge < -0.3 is 9.84 Å². The first-order chi connectivity index (χ1) is 11.9. The molecule has 0 spiro atoms. The van der Waals surface area contributed by atoms with Crippen molar-refractivity contribution in [3.8, 4) is 0 Å². The van der Waals surface area contributed by atoms with Crippen molar-refractivity contribution in [3.05, 3.63) is 0 Å². The summed E-state index contributed by atoms with van der Waals surface area (Å²) in [5.41, 5.74) is -1.70. The van der Waals surface area contributed by atoms with Crippen LogP contribution >= 0.6 is 0 Å². The maximum absolute atomic E-state index is 13.2. The molecule has 0 radical (unpaired) electrons. The Labute approximate surface area is 150 Å². The standard InChI is InChI=1S/C21H32O4/c1-3-13(2)21(16-9-14-8-15(11-16)12-17(21)10-14)25-19(24)20(18(22)23)6-4-5-7-20/h13-17H,3-12H2,1-2H3,(H,22,23). The number of aliphatic carboxylic acids is 1. The molecule has 4 bridgehead atoms. The molecule has 0 saturated heterocycles. The van der Waals surface area contributed by atoms with Gasteiger partial charge in [-0.3, -0.25) is 9.59 Å². The Balaban J connectivity index is 1.67. The van der Waals surface area contributed by atoms with Gasteiger partial charge in [-0.25, -0.2) is 0 Å². The largest absolute Gasteiger partial charge is 0.480 e. The lowest BCUT2D eigenvalue weighted by molar-refractivity contribution is -0.235. The van der Waals surface area contributed by atoms with Crippen molar-refractivity contribution < 1.29 is 19.4 Å². The van der Waals surface area contributed by atoms with E-state index in [0.717, 1.165) is 31.1 Å². The summed E-state index contributed by atoms with van der Waals surface area (Å²) < 4.78 is 6.40. The van der Waals surface area contributed by atoms with Crippen molar-refractivity contribution >= 4 is 11.9 Å². The number of carbonyl (C=O) groups is 2. The number of esters is 1. The lowest BCUT2D eigenvalue weighted by Crippen LogP contribution is -2.63. The van der Waals surface area contributed by atoms with E-state index < -0.39 is 23.0 Å². The topological polar surface area (TPSA) is 63.6 Å². The number of rotatable bonds is 5. The first-order valence-electron chi connectivity index (χ1n) is 10.4. The number of ether oxygens (including phenoxy) is 1. The molecule has 0 aromatic heterocycles. The van der Waals surface area contributed by atoms with E-state index >= 15 is 0 Å². The van der Waals surface area contributed by atoms with Crippen molar-refractivity contribution in [3.63, 3.8) is 0 Å². The van der Waals surface area contributed by atoms with Crippen molar-refractivity contribution in [1.82, 2.24) is 0 Å². The quantitative estimate of drug-likeness (QED) is 0.590. The molecule has 5 saturated carbocycles. The van der Waals surface area contributed by atoms with Gasteiger partial charge in [0, 0.05) is 0 Å². The first kappa shape index (κ1) is 17.4. The summed E-state index contributed by atoms with van der Waals surface area (Å²) >= 11 is 0. The molecular weight excluding hydrogens is 316 g/mol. The van der Waals surface area contributed by atoms with Crippen LogP contribution in [0, 0.1) is 35.0 Å². The average molecular weight is 348 g/mol. The van der Waals surface area contributed by atoms with E-state index in [1.807, 2.05) is 0 Å². The van der Waals surface area contributed by atoms with Crippen LogP contribution in [0.5, 0.6) is 0 Å². The summed E-state index contributed by atoms with van der Waals surface area (Å²) in [6, 6.07) is 0. The SMILES string of the molecule is CCC(C)C1(OC(=O)C2(C(=O)O)CCCC2)C2CC3CC(C2)CC1C3. The summed E-state index contributed by atoms with van der Waals surface area (Å²) in [6.45, 7) is 4.39. The molecule has 5 aliphatic rings. The number of carbonyl (C=O) groups excluding carboxylic acids is 1. The fraction of sp³-hybridized carbons (Fsp3) is 0.905. The Bertz CT molecular complexity index is 532. The molecule has 0 aromatic rings. The predicted molar refractivity (Wildman–Crippen MR) is 93.9 cm³/mol. The minimum Gasteiger partial charge on any atom is -0.480 e. The van der Waals surface area contributed by atoms with Crippen LogP contribution in [0.4, 0.5) is 0 Å². The Morgan fingerprint density at radius 3 is 2.00 bits per heavy atom. The van der Waals surface area contributed by atoms with E-state index in [1.54, 1.807) is 0 Å². The van der Waals surface area contributed by atoms with E-state index in [4.69, 9.17) is 4.74 Å². The molecule has 5 rings (SSSR count). The minimum absolute atomic E-state index is 0.304. The zero-order chi connectivity index (χ0) is 17.8. The van der Waals surface area contributed by atoms with Gasteiger partial charge in [0.2, 0.25) is 0 Å². The highest BCUT2D eigenvalue weighted by Gasteiger charge is 2.63. The number of carboxylic acid groups (broad SMARTS) is 1. The molecular formula is C21H32O4. The third-order valence-corrected chi connectivity index (χ3v) is 8.32. The van der Waals surface area contributed by atoms with Crippen LogP contribution in [0.1, 0.15) is 78.1 Å². The molecule has 5 aliphatic carbocycles. The molecule has 4 heteroatoms. The molecule has 25 heavy (non-hydrogen) atoms. The van der Waals surface area contributed by atoms with Gasteiger partial charge in [0.1, 0.15) is 5.60 Å². The Hall–Kier alpha value is -1.06. The smallest absolute Gasteiger partial charge is 0.324 e. The fourth-order valence-corrected chi connectivity index (χ4v) is 7.05. The van der Waals surface area contributed by atoms with Crippen LogP contribution in [-0.4, -0.2) is 22.6 Å². The zero-order valence-corrected chi connectivity index (χ0v) is 15.6. The molecule has 0 aromatic carbocycles. The van der Waals surface area contributed by atoms with Crippen LogP contribution in [0.15, 0.2) is 0 Å². The van der Waals surface area contributed by atoms with Crippen LogP contribution in [0.3, 0.4) is 0 Å². The molecule has 1 N–H and O–H groups in total. The first-order valence-corrected chi connectivity index (χ1v) is 10.4. The highest BCUT2D eigenvalue weighted by Crippen LogP contribution is 2.62. The second kappa shape index (κ2) is 5.99. The zero-order valence-electron chi connectivity index (χ0n) is 15.6. The minimum atomic E-state index is -1.28. The van der Waals surface area contributed by atoms with Crippen molar-refractivity contribution in [2.45, 2.75) is 83.7 Å².